The average Bonchev–Trinajstić information content (AvgIpc) is 2.62. The molecule has 0 bridgehead atoms. The highest BCUT2D eigenvalue weighted by Gasteiger charge is 2.13. The first-order valence-corrected chi connectivity index (χ1v) is 9.14. The molecule has 0 heterocycles. The van der Waals surface area contributed by atoms with Crippen LogP contribution in [0.5, 0.6) is 5.75 Å². The van der Waals surface area contributed by atoms with Gasteiger partial charge in [0.05, 0.1) is 5.56 Å². The Morgan fingerprint density at radius 2 is 1.54 bits per heavy atom. The van der Waals surface area contributed by atoms with Crippen LogP contribution in [-0.4, -0.2) is 10.9 Å². The van der Waals surface area contributed by atoms with Crippen molar-refractivity contribution in [1.82, 2.24) is 0 Å². The molecule has 0 saturated heterocycles. The van der Waals surface area contributed by atoms with Crippen LogP contribution in [-0.2, 0) is 6.42 Å². The lowest BCUT2D eigenvalue weighted by Crippen LogP contribution is -2.02. The van der Waals surface area contributed by atoms with Crippen molar-refractivity contribution in [3.05, 3.63) is 65.2 Å². The van der Waals surface area contributed by atoms with Crippen LogP contribution in [0.15, 0.2) is 48.5 Å². The maximum Gasteiger partial charge on any atom is 0.196 e. The van der Waals surface area contributed by atoms with Crippen molar-refractivity contribution >= 4 is 5.78 Å². The zero-order valence-electron chi connectivity index (χ0n) is 14.6. The Bertz CT molecular complexity index is 632. The van der Waals surface area contributed by atoms with Crippen molar-refractivity contribution in [1.29, 1.82) is 0 Å². The van der Waals surface area contributed by atoms with Gasteiger partial charge in [0.1, 0.15) is 5.75 Å². The molecule has 2 aromatic carbocycles. The first-order chi connectivity index (χ1) is 11.7. The van der Waals surface area contributed by atoms with E-state index in [0.717, 1.165) is 18.4 Å². The van der Waals surface area contributed by atoms with Gasteiger partial charge < -0.3 is 5.11 Å². The molecule has 0 aliphatic heterocycles. The molecule has 0 unspecified atom stereocenters. The van der Waals surface area contributed by atoms with E-state index in [0.29, 0.717) is 11.1 Å². The number of hydrogen-bond acceptors (Lipinski definition) is 2. The Kier molecular flexibility index (Phi) is 7.54. The number of rotatable bonds is 10. The van der Waals surface area contributed by atoms with Crippen LogP contribution in [0.25, 0.3) is 0 Å². The normalized spacial score (nSPS) is 10.7. The molecule has 2 rings (SSSR count). The molecule has 2 aromatic rings. The minimum absolute atomic E-state index is 0.0622. The van der Waals surface area contributed by atoms with Gasteiger partial charge in [0, 0.05) is 5.56 Å². The summed E-state index contributed by atoms with van der Waals surface area (Å²) >= 11 is 0. The first-order valence-electron chi connectivity index (χ1n) is 9.14. The number of phenols is 1. The molecule has 2 nitrogen and oxygen atoms in total. The minimum atomic E-state index is -0.116. The first kappa shape index (κ1) is 18.3. The number of ketones is 1. The number of phenolic OH excluding ortho intramolecular Hbond substituents is 1. The van der Waals surface area contributed by atoms with E-state index < -0.39 is 0 Å². The third-order valence-electron chi connectivity index (χ3n) is 4.41. The molecule has 128 valence electrons. The highest BCUT2D eigenvalue weighted by molar-refractivity contribution is 6.10. The molecule has 24 heavy (non-hydrogen) atoms. The van der Waals surface area contributed by atoms with Gasteiger partial charge in [0.2, 0.25) is 0 Å². The number of carbonyl (C=O) groups is 1. The lowest BCUT2D eigenvalue weighted by molar-refractivity contribution is 0.103. The summed E-state index contributed by atoms with van der Waals surface area (Å²) in [7, 11) is 0. The van der Waals surface area contributed by atoms with Crippen LogP contribution in [0, 0.1) is 0 Å². The Morgan fingerprint density at radius 3 is 2.25 bits per heavy atom. The predicted molar refractivity (Wildman–Crippen MR) is 99.7 cm³/mol. The molecule has 0 fully saturated rings. The molecular weight excluding hydrogens is 296 g/mol. The molecule has 0 aliphatic rings. The smallest absolute Gasteiger partial charge is 0.196 e. The quantitative estimate of drug-likeness (QED) is 0.435. The summed E-state index contributed by atoms with van der Waals surface area (Å²) in [6.07, 6.45) is 9.89. The van der Waals surface area contributed by atoms with E-state index in [-0.39, 0.29) is 11.5 Å². The van der Waals surface area contributed by atoms with Crippen molar-refractivity contribution in [2.24, 2.45) is 0 Å². The number of hydrogen-bond donors (Lipinski definition) is 1. The standard InChI is InChI=1S/C22H28O2/c1-2-3-4-5-6-7-9-12-18-15-16-21(23)20(17-18)22(24)19-13-10-8-11-14-19/h8,10-11,13-17,23H,2-7,9,12H2,1H3. The fourth-order valence-electron chi connectivity index (χ4n) is 2.95. The summed E-state index contributed by atoms with van der Waals surface area (Å²) in [5.41, 5.74) is 2.14. The zero-order valence-corrected chi connectivity index (χ0v) is 14.6. The van der Waals surface area contributed by atoms with Crippen molar-refractivity contribution in [3.63, 3.8) is 0 Å². The lowest BCUT2D eigenvalue weighted by Gasteiger charge is -2.08. The Labute approximate surface area is 145 Å². The summed E-state index contributed by atoms with van der Waals surface area (Å²) in [5.74, 6) is -0.0540. The fraction of sp³-hybridized carbons (Fsp3) is 0.409. The maximum atomic E-state index is 12.5. The van der Waals surface area contributed by atoms with Gasteiger partial charge in [0.25, 0.3) is 0 Å². The topological polar surface area (TPSA) is 37.3 Å². The highest BCUT2D eigenvalue weighted by atomic mass is 16.3. The van der Waals surface area contributed by atoms with E-state index in [1.165, 1.54) is 38.5 Å². The molecule has 2 heteroatoms. The van der Waals surface area contributed by atoms with Crippen molar-refractivity contribution in [3.8, 4) is 5.75 Å². The molecule has 0 radical (unpaired) electrons. The summed E-state index contributed by atoms with van der Waals surface area (Å²) < 4.78 is 0. The average molecular weight is 324 g/mol. The van der Waals surface area contributed by atoms with Crippen LogP contribution in [0.4, 0.5) is 0 Å². The lowest BCUT2D eigenvalue weighted by atomic mass is 9.98. The maximum absolute atomic E-state index is 12.5. The van der Waals surface area contributed by atoms with Gasteiger partial charge in [-0.1, -0.05) is 81.8 Å². The minimum Gasteiger partial charge on any atom is -0.507 e. The second kappa shape index (κ2) is 9.92. The molecule has 0 spiro atoms. The highest BCUT2D eigenvalue weighted by Crippen LogP contribution is 2.23. The molecule has 0 atom stereocenters. The van der Waals surface area contributed by atoms with Gasteiger partial charge in [-0.25, -0.2) is 0 Å². The van der Waals surface area contributed by atoms with Gasteiger partial charge in [-0.3, -0.25) is 4.79 Å². The van der Waals surface area contributed by atoms with Crippen molar-refractivity contribution < 1.29 is 9.90 Å². The van der Waals surface area contributed by atoms with Gasteiger partial charge in [-0.15, -0.1) is 0 Å². The molecule has 0 aromatic heterocycles. The summed E-state index contributed by atoms with van der Waals surface area (Å²) in [6, 6.07) is 14.5. The van der Waals surface area contributed by atoms with Gasteiger partial charge in [-0.05, 0) is 30.5 Å². The summed E-state index contributed by atoms with van der Waals surface area (Å²) in [4.78, 5) is 12.5. The second-order valence-electron chi connectivity index (χ2n) is 6.42. The van der Waals surface area contributed by atoms with E-state index in [1.807, 2.05) is 30.3 Å². The molecule has 0 aliphatic carbocycles. The van der Waals surface area contributed by atoms with E-state index in [2.05, 4.69) is 6.92 Å². The van der Waals surface area contributed by atoms with Crippen LogP contribution < -0.4 is 0 Å². The van der Waals surface area contributed by atoms with E-state index in [9.17, 15) is 9.90 Å². The van der Waals surface area contributed by atoms with Crippen molar-refractivity contribution in [2.75, 3.05) is 0 Å². The van der Waals surface area contributed by atoms with E-state index in [1.54, 1.807) is 18.2 Å². The van der Waals surface area contributed by atoms with Crippen LogP contribution >= 0.6 is 0 Å². The molecule has 0 amide bonds. The fourth-order valence-corrected chi connectivity index (χ4v) is 2.95. The van der Waals surface area contributed by atoms with Gasteiger partial charge in [0.15, 0.2) is 5.78 Å². The molecule has 1 N–H and O–H groups in total. The third-order valence-corrected chi connectivity index (χ3v) is 4.41. The monoisotopic (exact) mass is 324 g/mol. The van der Waals surface area contributed by atoms with Gasteiger partial charge >= 0.3 is 0 Å². The summed E-state index contributed by atoms with van der Waals surface area (Å²) in [5, 5.41) is 10.0. The van der Waals surface area contributed by atoms with Crippen LogP contribution in [0.1, 0.15) is 73.4 Å². The van der Waals surface area contributed by atoms with E-state index >= 15 is 0 Å². The summed E-state index contributed by atoms with van der Waals surface area (Å²) in [6.45, 7) is 2.24. The molecular formula is C22H28O2. The largest absolute Gasteiger partial charge is 0.507 e. The van der Waals surface area contributed by atoms with Crippen LogP contribution in [0.3, 0.4) is 0 Å². The van der Waals surface area contributed by atoms with Gasteiger partial charge in [-0.2, -0.15) is 0 Å². The zero-order chi connectivity index (χ0) is 17.2. The number of aryl methyl sites for hydroxylation is 1. The number of aromatic hydroxyl groups is 1. The number of carbonyl (C=O) groups excluding carboxylic acids is 1. The number of unbranched alkanes of at least 4 members (excludes halogenated alkanes) is 6. The SMILES string of the molecule is CCCCCCCCCc1ccc(O)c(C(=O)c2ccccc2)c1. The van der Waals surface area contributed by atoms with Crippen LogP contribution in [0.2, 0.25) is 0 Å². The van der Waals surface area contributed by atoms with E-state index in [4.69, 9.17) is 0 Å². The second-order valence-corrected chi connectivity index (χ2v) is 6.42. The Morgan fingerprint density at radius 1 is 0.875 bits per heavy atom. The third kappa shape index (κ3) is 5.52. The number of benzene rings is 2. The Balaban J connectivity index is 1.90. The Hall–Kier alpha value is -2.09. The van der Waals surface area contributed by atoms with Crippen molar-refractivity contribution in [2.45, 2.75) is 58.3 Å². The molecule has 0 saturated carbocycles. The predicted octanol–water partition coefficient (Wildman–Crippen LogP) is 5.92.